The largest absolute Gasteiger partial charge is 0.340 e. The van der Waals surface area contributed by atoms with Crippen molar-refractivity contribution >= 4 is 15.9 Å². The first kappa shape index (κ1) is 20.9. The summed E-state index contributed by atoms with van der Waals surface area (Å²) in [5.74, 6) is 0.112. The number of aryl methyl sites for hydroxylation is 1. The van der Waals surface area contributed by atoms with Crippen LogP contribution in [0.2, 0.25) is 0 Å². The Balaban J connectivity index is 1.91. The van der Waals surface area contributed by atoms with E-state index >= 15 is 0 Å². The van der Waals surface area contributed by atoms with Crippen LogP contribution < -0.4 is 0 Å². The third kappa shape index (κ3) is 5.05. The summed E-state index contributed by atoms with van der Waals surface area (Å²) in [5.41, 5.74) is 1.12. The molecule has 1 fully saturated rings. The zero-order chi connectivity index (χ0) is 19.2. The maximum Gasteiger partial charge on any atom is 0.243 e. The van der Waals surface area contributed by atoms with Crippen molar-refractivity contribution in [3.8, 4) is 0 Å². The van der Waals surface area contributed by atoms with Crippen LogP contribution in [0.1, 0.15) is 32.8 Å². The minimum atomic E-state index is -3.48. The van der Waals surface area contributed by atoms with Gasteiger partial charge in [-0.1, -0.05) is 32.9 Å². The van der Waals surface area contributed by atoms with Crippen LogP contribution in [-0.4, -0.2) is 74.2 Å². The van der Waals surface area contributed by atoms with Crippen molar-refractivity contribution < 1.29 is 13.2 Å². The molecular formula is C19H31N3O3S. The van der Waals surface area contributed by atoms with E-state index in [0.717, 1.165) is 31.6 Å². The molecule has 6 nitrogen and oxygen atoms in total. The summed E-state index contributed by atoms with van der Waals surface area (Å²) in [4.78, 5) is 16.7. The Morgan fingerprint density at radius 2 is 1.58 bits per heavy atom. The molecule has 0 radical (unpaired) electrons. The Hall–Kier alpha value is -1.44. The molecule has 1 aliphatic heterocycles. The standard InChI is InChI=1S/C19H31N3O3S/c1-4-17-7-9-18(10-8-17)26(24,25)22-15-13-21(14-16-22)19(23)11-12-20(5-2)6-3/h7-10H,4-6,11-16H2,1-3H3. The normalized spacial score (nSPS) is 16.2. The quantitative estimate of drug-likeness (QED) is 0.689. The van der Waals surface area contributed by atoms with Gasteiger partial charge >= 0.3 is 0 Å². The van der Waals surface area contributed by atoms with Gasteiger partial charge in [0, 0.05) is 39.1 Å². The summed E-state index contributed by atoms with van der Waals surface area (Å²) in [6.45, 7) is 10.5. The number of hydrogen-bond donors (Lipinski definition) is 0. The molecule has 1 aliphatic rings. The maximum absolute atomic E-state index is 12.8. The van der Waals surface area contributed by atoms with Gasteiger partial charge in [-0.2, -0.15) is 4.31 Å². The van der Waals surface area contributed by atoms with E-state index in [1.165, 1.54) is 4.31 Å². The molecule has 0 bridgehead atoms. The number of amides is 1. The Labute approximate surface area is 157 Å². The predicted octanol–water partition coefficient (Wildman–Crippen LogP) is 1.81. The van der Waals surface area contributed by atoms with Gasteiger partial charge in [-0.3, -0.25) is 4.79 Å². The van der Waals surface area contributed by atoms with E-state index in [0.29, 0.717) is 37.5 Å². The van der Waals surface area contributed by atoms with Crippen LogP contribution in [0, 0.1) is 0 Å². The lowest BCUT2D eigenvalue weighted by Crippen LogP contribution is -2.50. The lowest BCUT2D eigenvalue weighted by Gasteiger charge is -2.34. The minimum absolute atomic E-state index is 0.112. The molecule has 0 spiro atoms. The van der Waals surface area contributed by atoms with E-state index in [1.54, 1.807) is 17.0 Å². The fraction of sp³-hybridized carbons (Fsp3) is 0.632. The smallest absolute Gasteiger partial charge is 0.243 e. The van der Waals surface area contributed by atoms with E-state index in [9.17, 15) is 13.2 Å². The monoisotopic (exact) mass is 381 g/mol. The summed E-state index contributed by atoms with van der Waals surface area (Å²) < 4.78 is 27.0. The first-order chi connectivity index (χ1) is 12.4. The Morgan fingerprint density at radius 1 is 1.00 bits per heavy atom. The van der Waals surface area contributed by atoms with Gasteiger partial charge in [-0.25, -0.2) is 8.42 Å². The predicted molar refractivity (Wildman–Crippen MR) is 104 cm³/mol. The molecule has 26 heavy (non-hydrogen) atoms. The lowest BCUT2D eigenvalue weighted by molar-refractivity contribution is -0.132. The van der Waals surface area contributed by atoms with Crippen molar-refractivity contribution in [3.05, 3.63) is 29.8 Å². The molecule has 0 aliphatic carbocycles. The first-order valence-corrected chi connectivity index (χ1v) is 11.0. The average Bonchev–Trinajstić information content (AvgIpc) is 2.68. The van der Waals surface area contributed by atoms with E-state index in [1.807, 2.05) is 19.1 Å². The van der Waals surface area contributed by atoms with Crippen molar-refractivity contribution in [3.63, 3.8) is 0 Å². The van der Waals surface area contributed by atoms with Crippen molar-refractivity contribution in [1.82, 2.24) is 14.1 Å². The summed E-state index contributed by atoms with van der Waals surface area (Å²) in [7, 11) is -3.48. The number of nitrogens with zero attached hydrogens (tertiary/aromatic N) is 3. The number of benzene rings is 1. The highest BCUT2D eigenvalue weighted by Gasteiger charge is 2.29. The molecule has 1 aromatic rings. The molecule has 0 saturated carbocycles. The molecular weight excluding hydrogens is 350 g/mol. The van der Waals surface area contributed by atoms with Gasteiger partial charge in [-0.05, 0) is 37.2 Å². The number of sulfonamides is 1. The third-order valence-corrected chi connectivity index (χ3v) is 7.01. The molecule has 1 amide bonds. The molecule has 1 heterocycles. The highest BCUT2D eigenvalue weighted by atomic mass is 32.2. The number of rotatable bonds is 8. The Kier molecular flexibility index (Phi) is 7.61. The summed E-state index contributed by atoms with van der Waals surface area (Å²) in [6.07, 6.45) is 1.38. The molecule has 2 rings (SSSR count). The van der Waals surface area contributed by atoms with Crippen LogP contribution in [0.25, 0.3) is 0 Å². The second-order valence-electron chi connectivity index (χ2n) is 6.56. The van der Waals surface area contributed by atoms with Crippen molar-refractivity contribution in [1.29, 1.82) is 0 Å². The minimum Gasteiger partial charge on any atom is -0.340 e. The maximum atomic E-state index is 12.8. The van der Waals surface area contributed by atoms with Crippen molar-refractivity contribution in [2.24, 2.45) is 0 Å². The van der Waals surface area contributed by atoms with Crippen LogP contribution in [0.5, 0.6) is 0 Å². The van der Waals surface area contributed by atoms with Gasteiger partial charge in [0.05, 0.1) is 4.90 Å². The third-order valence-electron chi connectivity index (χ3n) is 5.10. The van der Waals surface area contributed by atoms with Crippen LogP contribution >= 0.6 is 0 Å². The van der Waals surface area contributed by atoms with E-state index in [-0.39, 0.29) is 5.91 Å². The summed E-state index contributed by atoms with van der Waals surface area (Å²) >= 11 is 0. The highest BCUT2D eigenvalue weighted by Crippen LogP contribution is 2.18. The van der Waals surface area contributed by atoms with Crippen LogP contribution in [-0.2, 0) is 21.2 Å². The lowest BCUT2D eigenvalue weighted by atomic mass is 10.2. The van der Waals surface area contributed by atoms with Crippen molar-refractivity contribution in [2.75, 3.05) is 45.8 Å². The fourth-order valence-corrected chi connectivity index (χ4v) is 4.60. The number of piperazine rings is 1. The molecule has 146 valence electrons. The molecule has 7 heteroatoms. The highest BCUT2D eigenvalue weighted by molar-refractivity contribution is 7.89. The zero-order valence-corrected chi connectivity index (χ0v) is 17.0. The molecule has 0 unspecified atom stereocenters. The van der Waals surface area contributed by atoms with Gasteiger partial charge in [0.1, 0.15) is 0 Å². The number of carbonyl (C=O) groups is 1. The van der Waals surface area contributed by atoms with Gasteiger partial charge in [0.25, 0.3) is 0 Å². The molecule has 0 N–H and O–H groups in total. The van der Waals surface area contributed by atoms with E-state index in [2.05, 4.69) is 18.7 Å². The second kappa shape index (κ2) is 9.48. The van der Waals surface area contributed by atoms with Crippen LogP contribution in [0.4, 0.5) is 0 Å². The Morgan fingerprint density at radius 3 is 2.08 bits per heavy atom. The number of carbonyl (C=O) groups excluding carboxylic acids is 1. The summed E-state index contributed by atoms with van der Waals surface area (Å²) in [5, 5.41) is 0. The van der Waals surface area contributed by atoms with E-state index in [4.69, 9.17) is 0 Å². The van der Waals surface area contributed by atoms with Crippen LogP contribution in [0.15, 0.2) is 29.2 Å². The average molecular weight is 382 g/mol. The van der Waals surface area contributed by atoms with Gasteiger partial charge in [0.2, 0.25) is 15.9 Å². The zero-order valence-electron chi connectivity index (χ0n) is 16.1. The fourth-order valence-electron chi connectivity index (χ4n) is 3.18. The van der Waals surface area contributed by atoms with Crippen LogP contribution in [0.3, 0.4) is 0 Å². The SMILES string of the molecule is CCc1ccc(S(=O)(=O)N2CCN(C(=O)CCN(CC)CC)CC2)cc1. The second-order valence-corrected chi connectivity index (χ2v) is 8.50. The topological polar surface area (TPSA) is 60.9 Å². The number of hydrogen-bond acceptors (Lipinski definition) is 4. The first-order valence-electron chi connectivity index (χ1n) is 9.51. The Bertz CT molecular complexity index is 676. The molecule has 0 aromatic heterocycles. The van der Waals surface area contributed by atoms with E-state index < -0.39 is 10.0 Å². The summed E-state index contributed by atoms with van der Waals surface area (Å²) in [6, 6.07) is 7.07. The molecule has 1 aromatic carbocycles. The van der Waals surface area contributed by atoms with Gasteiger partial charge in [0.15, 0.2) is 0 Å². The molecule has 1 saturated heterocycles. The molecule has 0 atom stereocenters. The van der Waals surface area contributed by atoms with Gasteiger partial charge in [-0.15, -0.1) is 0 Å². The van der Waals surface area contributed by atoms with Crippen molar-refractivity contribution in [2.45, 2.75) is 38.5 Å². The van der Waals surface area contributed by atoms with Gasteiger partial charge < -0.3 is 9.80 Å².